The number of nitrogens with two attached hydrogens (primary N) is 1. The number of amides is 3. The highest BCUT2D eigenvalue weighted by atomic mass is 32.2. The third kappa shape index (κ3) is 8.70. The average molecular weight is 441 g/mol. The molecule has 1 rings (SSSR count). The van der Waals surface area contributed by atoms with Crippen LogP contribution in [0.25, 0.3) is 0 Å². The first-order valence-electron chi connectivity index (χ1n) is 9.27. The van der Waals surface area contributed by atoms with Crippen molar-refractivity contribution < 1.29 is 29.4 Å². The number of rotatable bonds is 12. The molecule has 0 heterocycles. The predicted octanol–water partition coefficient (Wildman–Crippen LogP) is -0.795. The average Bonchev–Trinajstić information content (AvgIpc) is 2.71. The Morgan fingerprint density at radius 2 is 1.63 bits per heavy atom. The summed E-state index contributed by atoms with van der Waals surface area (Å²) in [6, 6.07) is 2.92. The fraction of sp³-hybridized carbons (Fsp3) is 0.474. The molecule has 0 aliphatic rings. The lowest BCUT2D eigenvalue weighted by Crippen LogP contribution is -2.56. The van der Waals surface area contributed by atoms with Crippen molar-refractivity contribution in [3.05, 3.63) is 29.8 Å². The summed E-state index contributed by atoms with van der Waals surface area (Å²) >= 11 is 1.49. The number of carboxylic acids is 1. The highest BCUT2D eigenvalue weighted by Crippen LogP contribution is 2.12. The first-order chi connectivity index (χ1) is 14.2. The van der Waals surface area contributed by atoms with Crippen molar-refractivity contribution in [1.29, 1.82) is 0 Å². The summed E-state index contributed by atoms with van der Waals surface area (Å²) in [7, 11) is 0. The van der Waals surface area contributed by atoms with Crippen LogP contribution in [0.5, 0.6) is 5.75 Å². The summed E-state index contributed by atoms with van der Waals surface area (Å²) in [5.74, 6) is -2.34. The molecule has 7 N–H and O–H groups in total. The van der Waals surface area contributed by atoms with Gasteiger partial charge in [0.2, 0.25) is 17.7 Å². The smallest absolute Gasteiger partial charge is 0.325 e. The van der Waals surface area contributed by atoms with Crippen molar-refractivity contribution in [2.24, 2.45) is 5.73 Å². The van der Waals surface area contributed by atoms with E-state index in [4.69, 9.17) is 10.8 Å². The molecule has 0 aliphatic heterocycles. The molecule has 0 bridgehead atoms. The molecule has 0 fully saturated rings. The Bertz CT molecular complexity index is 743. The third-order valence-corrected chi connectivity index (χ3v) is 4.83. The number of thioether (sulfide) groups is 1. The topological polar surface area (TPSA) is 171 Å². The molecule has 0 aliphatic carbocycles. The Balaban J connectivity index is 3.00. The van der Waals surface area contributed by atoms with E-state index in [0.717, 1.165) is 0 Å². The maximum atomic E-state index is 12.8. The molecule has 11 heteroatoms. The van der Waals surface area contributed by atoms with Crippen LogP contribution in [0, 0.1) is 0 Å². The molecule has 166 valence electrons. The van der Waals surface area contributed by atoms with E-state index < -0.39 is 41.8 Å². The van der Waals surface area contributed by atoms with Crippen molar-refractivity contribution in [3.8, 4) is 5.75 Å². The van der Waals surface area contributed by atoms with Gasteiger partial charge in [0.05, 0.1) is 6.54 Å². The van der Waals surface area contributed by atoms with Crippen LogP contribution >= 0.6 is 11.8 Å². The minimum absolute atomic E-state index is 0.0462. The van der Waals surface area contributed by atoms with Gasteiger partial charge < -0.3 is 31.9 Å². The third-order valence-electron chi connectivity index (χ3n) is 4.19. The molecular formula is C19H28N4O6S. The maximum absolute atomic E-state index is 12.8. The molecule has 30 heavy (non-hydrogen) atoms. The van der Waals surface area contributed by atoms with Crippen LogP contribution in [-0.4, -0.2) is 70.6 Å². The molecule has 1 aromatic rings. The van der Waals surface area contributed by atoms with Crippen molar-refractivity contribution in [1.82, 2.24) is 16.0 Å². The molecule has 3 atom stereocenters. The number of benzene rings is 1. The highest BCUT2D eigenvalue weighted by molar-refractivity contribution is 7.98. The standard InChI is InChI=1S/C19H28N4O6S/c1-11(19(28)29)21-18(27)15(9-12-3-5-13(24)6-4-12)23-17(26)14(7-8-30-2)22-16(25)10-20/h3-6,11,14-15,24H,7-10,20H2,1-2H3,(H,21,27)(H,22,25)(H,23,26)(H,28,29). The van der Waals surface area contributed by atoms with Gasteiger partial charge in [0.25, 0.3) is 0 Å². The molecule has 3 unspecified atom stereocenters. The second-order valence-corrected chi connectivity index (χ2v) is 7.59. The lowest BCUT2D eigenvalue weighted by Gasteiger charge is -2.24. The van der Waals surface area contributed by atoms with Crippen LogP contribution in [0.4, 0.5) is 0 Å². The highest BCUT2D eigenvalue weighted by Gasteiger charge is 2.28. The second-order valence-electron chi connectivity index (χ2n) is 6.61. The monoisotopic (exact) mass is 440 g/mol. The quantitative estimate of drug-likeness (QED) is 0.245. The van der Waals surface area contributed by atoms with Gasteiger partial charge in [-0.2, -0.15) is 11.8 Å². The van der Waals surface area contributed by atoms with Crippen LogP contribution in [0.15, 0.2) is 24.3 Å². The predicted molar refractivity (Wildman–Crippen MR) is 113 cm³/mol. The van der Waals surface area contributed by atoms with Gasteiger partial charge in [-0.15, -0.1) is 0 Å². The number of phenolic OH excluding ortho intramolecular Hbond substituents is 1. The van der Waals surface area contributed by atoms with Gasteiger partial charge in [-0.25, -0.2) is 0 Å². The molecule has 10 nitrogen and oxygen atoms in total. The van der Waals surface area contributed by atoms with Gasteiger partial charge >= 0.3 is 5.97 Å². The van der Waals surface area contributed by atoms with E-state index in [-0.39, 0.29) is 18.7 Å². The summed E-state index contributed by atoms with van der Waals surface area (Å²) in [5, 5.41) is 25.9. The molecule has 3 amide bonds. The molecular weight excluding hydrogens is 412 g/mol. The minimum atomic E-state index is -1.22. The number of hydrogen-bond donors (Lipinski definition) is 6. The summed E-state index contributed by atoms with van der Waals surface area (Å²) < 4.78 is 0. The number of carboxylic acid groups (broad SMARTS) is 1. The van der Waals surface area contributed by atoms with Crippen molar-refractivity contribution in [3.63, 3.8) is 0 Å². The van der Waals surface area contributed by atoms with Crippen LogP contribution in [0.1, 0.15) is 18.9 Å². The summed E-state index contributed by atoms with van der Waals surface area (Å²) in [5.41, 5.74) is 5.95. The number of carbonyl (C=O) groups is 4. The summed E-state index contributed by atoms with van der Waals surface area (Å²) in [6.45, 7) is 1.03. The Kier molecular flexibility index (Phi) is 10.7. The summed E-state index contributed by atoms with van der Waals surface area (Å²) in [4.78, 5) is 48.1. The molecule has 0 saturated carbocycles. The fourth-order valence-corrected chi connectivity index (χ4v) is 2.95. The van der Waals surface area contributed by atoms with Gasteiger partial charge in [-0.1, -0.05) is 12.1 Å². The number of phenols is 1. The van der Waals surface area contributed by atoms with E-state index in [9.17, 15) is 24.3 Å². The Labute approximate surface area is 179 Å². The molecule has 0 saturated heterocycles. The second kappa shape index (κ2) is 12.7. The lowest BCUT2D eigenvalue weighted by molar-refractivity contribution is -0.141. The molecule has 1 aromatic carbocycles. The number of aliphatic carboxylic acids is 1. The fourth-order valence-electron chi connectivity index (χ4n) is 2.48. The van der Waals surface area contributed by atoms with Crippen LogP contribution in [0.2, 0.25) is 0 Å². The zero-order valence-electron chi connectivity index (χ0n) is 16.9. The zero-order chi connectivity index (χ0) is 22.7. The Morgan fingerprint density at radius 1 is 1.03 bits per heavy atom. The van der Waals surface area contributed by atoms with Crippen LogP contribution in [-0.2, 0) is 25.6 Å². The Hall–Kier alpha value is -2.79. The SMILES string of the molecule is CSCCC(NC(=O)CN)C(=O)NC(Cc1ccc(O)cc1)C(=O)NC(C)C(=O)O. The van der Waals surface area contributed by atoms with Crippen molar-refractivity contribution in [2.75, 3.05) is 18.6 Å². The molecule has 0 aromatic heterocycles. The van der Waals surface area contributed by atoms with Gasteiger partial charge in [0, 0.05) is 6.42 Å². The first kappa shape index (κ1) is 25.2. The molecule has 0 radical (unpaired) electrons. The zero-order valence-corrected chi connectivity index (χ0v) is 17.7. The number of hydrogen-bond acceptors (Lipinski definition) is 7. The van der Waals surface area contributed by atoms with Gasteiger partial charge in [0.1, 0.15) is 23.9 Å². The van der Waals surface area contributed by atoms with Crippen molar-refractivity contribution >= 4 is 35.5 Å². The summed E-state index contributed by atoms with van der Waals surface area (Å²) in [6.07, 6.45) is 2.25. The van der Waals surface area contributed by atoms with Crippen LogP contribution < -0.4 is 21.7 Å². The maximum Gasteiger partial charge on any atom is 0.325 e. The minimum Gasteiger partial charge on any atom is -0.508 e. The largest absolute Gasteiger partial charge is 0.508 e. The van der Waals surface area contributed by atoms with E-state index in [1.807, 2.05) is 6.26 Å². The lowest BCUT2D eigenvalue weighted by atomic mass is 10.0. The normalized spacial score (nSPS) is 13.6. The van der Waals surface area contributed by atoms with E-state index in [1.54, 1.807) is 12.1 Å². The number of aromatic hydroxyl groups is 1. The van der Waals surface area contributed by atoms with E-state index >= 15 is 0 Å². The van der Waals surface area contributed by atoms with Crippen LogP contribution in [0.3, 0.4) is 0 Å². The van der Waals surface area contributed by atoms with E-state index in [2.05, 4.69) is 16.0 Å². The number of nitrogens with one attached hydrogen (secondary N) is 3. The Morgan fingerprint density at radius 3 is 2.17 bits per heavy atom. The van der Waals surface area contributed by atoms with E-state index in [1.165, 1.54) is 30.8 Å². The molecule has 0 spiro atoms. The van der Waals surface area contributed by atoms with Gasteiger partial charge in [-0.05, 0) is 43.0 Å². The van der Waals surface area contributed by atoms with E-state index in [0.29, 0.717) is 17.7 Å². The van der Waals surface area contributed by atoms with Gasteiger partial charge in [0.15, 0.2) is 0 Å². The number of carbonyl (C=O) groups excluding carboxylic acids is 3. The van der Waals surface area contributed by atoms with Crippen molar-refractivity contribution in [2.45, 2.75) is 37.9 Å². The van der Waals surface area contributed by atoms with Gasteiger partial charge in [-0.3, -0.25) is 19.2 Å². The first-order valence-corrected chi connectivity index (χ1v) is 10.7.